The molecule has 3 atom stereocenters. The molecule has 17 nitrogen and oxygen atoms in total. The van der Waals surface area contributed by atoms with Crippen LogP contribution in [-0.2, 0) is 35.3 Å². The van der Waals surface area contributed by atoms with Crippen molar-refractivity contribution in [2.45, 2.75) is 89.6 Å². The number of esters is 1. The van der Waals surface area contributed by atoms with Crippen LogP contribution in [0.25, 0.3) is 0 Å². The maximum atomic E-state index is 13.9. The van der Waals surface area contributed by atoms with Gasteiger partial charge in [-0.05, 0) is 64.9 Å². The number of hydrogen-bond acceptors (Lipinski definition) is 10. The molecule has 3 rings (SSSR count). The first-order chi connectivity index (χ1) is 22.2. The quantitative estimate of drug-likeness (QED) is 0.0572. The second-order valence-electron chi connectivity index (χ2n) is 12.2. The summed E-state index contributed by atoms with van der Waals surface area (Å²) in [6.07, 6.45) is 1.43. The topological polar surface area (TPSA) is 228 Å². The fourth-order valence-electron chi connectivity index (χ4n) is 5.30. The van der Waals surface area contributed by atoms with E-state index in [1.165, 1.54) is 9.80 Å². The summed E-state index contributed by atoms with van der Waals surface area (Å²) in [5.74, 6) is -2.66. The lowest BCUT2D eigenvalue weighted by Crippen LogP contribution is -2.56. The van der Waals surface area contributed by atoms with E-state index < -0.39 is 64.5 Å². The summed E-state index contributed by atoms with van der Waals surface area (Å²) in [4.78, 5) is 82.6. The van der Waals surface area contributed by atoms with Gasteiger partial charge in [0.15, 0.2) is 5.03 Å². The molecule has 17 heteroatoms. The summed E-state index contributed by atoms with van der Waals surface area (Å²) in [7, 11) is 0. The zero-order valence-electron chi connectivity index (χ0n) is 26.9. The summed E-state index contributed by atoms with van der Waals surface area (Å²) in [5, 5.41) is 15.0. The van der Waals surface area contributed by atoms with Crippen LogP contribution in [0.1, 0.15) is 64.9 Å². The second-order valence-corrected chi connectivity index (χ2v) is 12.2. The first kappa shape index (κ1) is 36.5. The van der Waals surface area contributed by atoms with Gasteiger partial charge in [0.25, 0.3) is 5.96 Å². The lowest BCUT2D eigenvalue weighted by Gasteiger charge is -2.31. The minimum atomic E-state index is -1.10. The number of nitro groups is 1. The van der Waals surface area contributed by atoms with Gasteiger partial charge in [-0.1, -0.05) is 35.8 Å². The molecule has 4 amide bonds. The number of nitrogens with one attached hydrogen (secondary N) is 3. The van der Waals surface area contributed by atoms with Crippen LogP contribution in [0.4, 0.5) is 4.79 Å². The summed E-state index contributed by atoms with van der Waals surface area (Å²) in [5.41, 5.74) is 7.23. The fourth-order valence-corrected chi connectivity index (χ4v) is 5.30. The van der Waals surface area contributed by atoms with Crippen molar-refractivity contribution in [2.24, 2.45) is 10.7 Å². The van der Waals surface area contributed by atoms with Gasteiger partial charge in [0.2, 0.25) is 17.7 Å². The summed E-state index contributed by atoms with van der Waals surface area (Å²) >= 11 is 0. The predicted octanol–water partition coefficient (Wildman–Crippen LogP) is 0.598. The molecule has 1 aromatic rings. The minimum Gasteiger partial charge on any atom is -0.460 e. The maximum Gasteiger partial charge on any atom is 0.410 e. The normalized spacial score (nSPS) is 18.7. The average Bonchev–Trinajstić information content (AvgIpc) is 3.70. The van der Waals surface area contributed by atoms with E-state index in [1.807, 2.05) is 18.2 Å². The first-order valence-electron chi connectivity index (χ1n) is 15.5. The van der Waals surface area contributed by atoms with Crippen LogP contribution < -0.4 is 21.8 Å². The van der Waals surface area contributed by atoms with Crippen LogP contribution in [0.5, 0.6) is 0 Å². The largest absolute Gasteiger partial charge is 0.460 e. The lowest BCUT2D eigenvalue weighted by atomic mass is 10.1. The van der Waals surface area contributed by atoms with Gasteiger partial charge < -0.3 is 30.7 Å². The van der Waals surface area contributed by atoms with Crippen LogP contribution in [0.3, 0.4) is 0 Å². The summed E-state index contributed by atoms with van der Waals surface area (Å²) < 4.78 is 10.7. The molecule has 2 aliphatic rings. The molecule has 2 heterocycles. The van der Waals surface area contributed by atoms with E-state index in [4.69, 9.17) is 15.2 Å². The Morgan fingerprint density at radius 3 is 2.32 bits per heavy atom. The molecule has 5 N–H and O–H groups in total. The third-order valence-electron chi connectivity index (χ3n) is 7.43. The molecular weight excluding hydrogens is 616 g/mol. The number of carbonyl (C=O) groups is 5. The molecule has 1 aromatic carbocycles. The number of benzene rings is 1. The SMILES string of the molecule is CC(C)(C)OC(=O)N1CCC[C@H]1C(=O)N[C@@H](CCCN=C(N)N[N+](=O)[O-])C(=O)N1CCC[C@H]1C(=O)NCC(=O)OCc1ccccc1. The van der Waals surface area contributed by atoms with Crippen LogP contribution in [-0.4, -0.2) is 100 Å². The highest BCUT2D eigenvalue weighted by Crippen LogP contribution is 2.23. The van der Waals surface area contributed by atoms with E-state index in [0.717, 1.165) is 5.56 Å². The molecule has 0 unspecified atom stereocenters. The molecule has 0 saturated carbocycles. The third-order valence-corrected chi connectivity index (χ3v) is 7.43. The third kappa shape index (κ3) is 11.7. The van der Waals surface area contributed by atoms with Gasteiger partial charge in [0, 0.05) is 19.6 Å². The van der Waals surface area contributed by atoms with Crippen LogP contribution in [0.15, 0.2) is 35.3 Å². The van der Waals surface area contributed by atoms with Crippen molar-refractivity contribution in [1.29, 1.82) is 0 Å². The van der Waals surface area contributed by atoms with Crippen molar-refractivity contribution in [2.75, 3.05) is 26.2 Å². The molecule has 2 aliphatic heterocycles. The molecule has 47 heavy (non-hydrogen) atoms. The lowest BCUT2D eigenvalue weighted by molar-refractivity contribution is -0.525. The monoisotopic (exact) mass is 660 g/mol. The maximum absolute atomic E-state index is 13.9. The van der Waals surface area contributed by atoms with E-state index in [-0.39, 0.29) is 39.1 Å². The van der Waals surface area contributed by atoms with Gasteiger partial charge in [-0.3, -0.25) is 24.1 Å². The zero-order valence-corrected chi connectivity index (χ0v) is 26.9. The highest BCUT2D eigenvalue weighted by atomic mass is 16.7. The van der Waals surface area contributed by atoms with Crippen molar-refractivity contribution >= 4 is 35.7 Å². The van der Waals surface area contributed by atoms with E-state index in [1.54, 1.807) is 38.3 Å². The van der Waals surface area contributed by atoms with E-state index in [9.17, 15) is 34.1 Å². The van der Waals surface area contributed by atoms with Gasteiger partial charge in [-0.2, -0.15) is 0 Å². The van der Waals surface area contributed by atoms with E-state index in [2.05, 4.69) is 15.6 Å². The Balaban J connectivity index is 1.66. The molecule has 2 saturated heterocycles. The number of nitrogens with zero attached hydrogens (tertiary/aromatic N) is 4. The van der Waals surface area contributed by atoms with Gasteiger partial charge >= 0.3 is 12.1 Å². The van der Waals surface area contributed by atoms with E-state index in [0.29, 0.717) is 32.2 Å². The molecule has 0 spiro atoms. The molecule has 0 bridgehead atoms. The standard InChI is InChI=1S/C30H44N8O9/c1-30(2,3)47-29(43)37-17-9-14-23(37)26(41)34-21(12-7-15-32-28(31)35-38(44)45)27(42)36-16-8-13-22(36)25(40)33-18-24(39)46-19-20-10-5-4-6-11-20/h4-6,10-11,21-23H,7-9,12-19H2,1-3H3,(H,33,40)(H,34,41)(H3,31,32,35)/t21-,22-,23-/m0/s1. The summed E-state index contributed by atoms with van der Waals surface area (Å²) in [6.45, 7) is 5.39. The molecule has 2 fully saturated rings. The van der Waals surface area contributed by atoms with Crippen molar-refractivity contribution < 1.29 is 38.5 Å². The number of carbonyl (C=O) groups excluding carboxylic acids is 5. The van der Waals surface area contributed by atoms with E-state index >= 15 is 0 Å². The van der Waals surface area contributed by atoms with Crippen LogP contribution in [0, 0.1) is 10.1 Å². The Labute approximate surface area is 272 Å². The van der Waals surface area contributed by atoms with Crippen LogP contribution in [0.2, 0.25) is 0 Å². The van der Waals surface area contributed by atoms with Crippen molar-refractivity contribution in [3.63, 3.8) is 0 Å². The van der Waals surface area contributed by atoms with Crippen molar-refractivity contribution in [3.8, 4) is 0 Å². The number of amides is 4. The summed E-state index contributed by atoms with van der Waals surface area (Å²) in [6, 6.07) is 6.22. The Kier molecular flexibility index (Phi) is 13.3. The molecular formula is C30H44N8O9. The number of nitrogens with two attached hydrogens (primary N) is 1. The highest BCUT2D eigenvalue weighted by Gasteiger charge is 2.41. The molecule has 0 radical (unpaired) electrons. The Hall–Kier alpha value is -4.96. The Morgan fingerprint density at radius 1 is 1.04 bits per heavy atom. The Bertz CT molecular complexity index is 1320. The number of hydrazine groups is 1. The fraction of sp³-hybridized carbons (Fsp3) is 0.600. The number of aliphatic imine (C=N–C) groups is 1. The van der Waals surface area contributed by atoms with Crippen LogP contribution >= 0.6 is 0 Å². The van der Waals surface area contributed by atoms with Gasteiger partial charge in [-0.25, -0.2) is 19.9 Å². The van der Waals surface area contributed by atoms with Gasteiger partial charge in [0.1, 0.15) is 36.9 Å². The van der Waals surface area contributed by atoms with Crippen molar-refractivity contribution in [3.05, 3.63) is 46.0 Å². The second kappa shape index (κ2) is 17.1. The number of hydrogen-bond donors (Lipinski definition) is 4. The van der Waals surface area contributed by atoms with Gasteiger partial charge in [0.05, 0.1) is 0 Å². The average molecular weight is 661 g/mol. The molecule has 0 aromatic heterocycles. The van der Waals surface area contributed by atoms with Crippen molar-refractivity contribution in [1.82, 2.24) is 25.9 Å². The highest BCUT2D eigenvalue weighted by molar-refractivity contribution is 5.95. The Morgan fingerprint density at radius 2 is 1.68 bits per heavy atom. The number of ether oxygens (including phenoxy) is 2. The molecule has 0 aliphatic carbocycles. The number of likely N-dealkylation sites (tertiary alicyclic amines) is 2. The number of guanidine groups is 1. The predicted molar refractivity (Wildman–Crippen MR) is 168 cm³/mol. The first-order valence-corrected chi connectivity index (χ1v) is 15.5. The number of rotatable bonds is 13. The minimum absolute atomic E-state index is 0.00872. The smallest absolute Gasteiger partial charge is 0.410 e. The molecule has 258 valence electrons. The zero-order chi connectivity index (χ0) is 34.6. The van der Waals surface area contributed by atoms with Gasteiger partial charge in [-0.15, -0.1) is 0 Å².